The summed E-state index contributed by atoms with van der Waals surface area (Å²) < 4.78 is 10.3. The van der Waals surface area contributed by atoms with Crippen molar-refractivity contribution in [2.75, 3.05) is 12.3 Å². The molecule has 7 nitrogen and oxygen atoms in total. The molecule has 90 valence electrons. The number of rotatable bonds is 4. The summed E-state index contributed by atoms with van der Waals surface area (Å²) in [6.45, 7) is 4.14. The average Bonchev–Trinajstić information content (AvgIpc) is 2.63. The van der Waals surface area contributed by atoms with E-state index in [4.69, 9.17) is 14.9 Å². The smallest absolute Gasteiger partial charge is 0.322 e. The van der Waals surface area contributed by atoms with Gasteiger partial charge in [0.05, 0.1) is 12.3 Å². The van der Waals surface area contributed by atoms with Crippen LogP contribution in [0.1, 0.15) is 12.6 Å². The van der Waals surface area contributed by atoms with Crippen LogP contribution < -0.4 is 10.5 Å². The van der Waals surface area contributed by atoms with E-state index in [1.54, 1.807) is 6.26 Å². The molecule has 0 radical (unpaired) electrons. The molecule has 17 heavy (non-hydrogen) atoms. The lowest BCUT2D eigenvalue weighted by atomic mass is 10.6. The Kier molecular flexibility index (Phi) is 3.43. The van der Waals surface area contributed by atoms with Crippen molar-refractivity contribution in [1.29, 1.82) is 0 Å². The van der Waals surface area contributed by atoms with Crippen molar-refractivity contribution in [2.24, 2.45) is 0 Å². The van der Waals surface area contributed by atoms with Crippen LogP contribution in [0.3, 0.4) is 0 Å². The van der Waals surface area contributed by atoms with Crippen molar-refractivity contribution < 1.29 is 9.15 Å². The first-order chi connectivity index (χ1) is 8.17. The first kappa shape index (κ1) is 11.6. The van der Waals surface area contributed by atoms with E-state index in [9.17, 15) is 0 Å². The Balaban J connectivity index is 2.20. The Hall–Kier alpha value is -1.83. The minimum atomic E-state index is 0.106. The summed E-state index contributed by atoms with van der Waals surface area (Å²) >= 11 is 1.16. The number of aryl methyl sites for hydroxylation is 1. The second-order valence-corrected chi connectivity index (χ2v) is 3.97. The molecule has 0 aliphatic carbocycles. The van der Waals surface area contributed by atoms with Crippen molar-refractivity contribution in [3.63, 3.8) is 0 Å². The summed E-state index contributed by atoms with van der Waals surface area (Å²) in [7, 11) is 0. The molecule has 2 aromatic rings. The van der Waals surface area contributed by atoms with Crippen molar-refractivity contribution in [1.82, 2.24) is 19.9 Å². The number of nitrogens with zero attached hydrogens (tertiary/aromatic N) is 4. The lowest BCUT2D eigenvalue weighted by molar-refractivity contribution is 0.308. The van der Waals surface area contributed by atoms with Gasteiger partial charge < -0.3 is 14.9 Å². The van der Waals surface area contributed by atoms with Gasteiger partial charge in [-0.1, -0.05) is 0 Å². The summed E-state index contributed by atoms with van der Waals surface area (Å²) in [5, 5.41) is 0.846. The van der Waals surface area contributed by atoms with E-state index in [0.29, 0.717) is 17.0 Å². The molecule has 0 saturated heterocycles. The standard InChI is InChI=1S/C9H11N5O2S/c1-3-15-7-12-6(10)13-8(14-7)17-9-11-5(2)4-16-9/h4H,3H2,1-2H3,(H2,10,12,13,14). The van der Waals surface area contributed by atoms with E-state index >= 15 is 0 Å². The molecule has 0 spiro atoms. The zero-order valence-corrected chi connectivity index (χ0v) is 10.2. The van der Waals surface area contributed by atoms with Gasteiger partial charge in [-0.3, -0.25) is 0 Å². The van der Waals surface area contributed by atoms with Crippen LogP contribution in [-0.4, -0.2) is 26.5 Å². The second-order valence-electron chi connectivity index (χ2n) is 3.05. The maximum Gasteiger partial charge on any atom is 0.322 e. The maximum absolute atomic E-state index is 5.54. The van der Waals surface area contributed by atoms with Gasteiger partial charge in [0.1, 0.15) is 6.26 Å². The van der Waals surface area contributed by atoms with Crippen LogP contribution in [0, 0.1) is 6.92 Å². The summed E-state index contributed by atoms with van der Waals surface area (Å²) in [5.74, 6) is 0.106. The monoisotopic (exact) mass is 253 g/mol. The number of aromatic nitrogens is 4. The minimum Gasteiger partial charge on any atom is -0.464 e. The van der Waals surface area contributed by atoms with Crippen LogP contribution in [0.15, 0.2) is 21.1 Å². The first-order valence-electron chi connectivity index (χ1n) is 4.91. The molecule has 2 heterocycles. The van der Waals surface area contributed by atoms with E-state index in [1.165, 1.54) is 0 Å². The van der Waals surface area contributed by atoms with Crippen LogP contribution in [-0.2, 0) is 0 Å². The van der Waals surface area contributed by atoms with E-state index in [1.807, 2.05) is 13.8 Å². The van der Waals surface area contributed by atoms with E-state index < -0.39 is 0 Å². The highest BCUT2D eigenvalue weighted by atomic mass is 32.2. The SMILES string of the molecule is CCOc1nc(N)nc(Sc2nc(C)co2)n1. The molecule has 2 N–H and O–H groups in total. The highest BCUT2D eigenvalue weighted by Crippen LogP contribution is 2.24. The average molecular weight is 253 g/mol. The highest BCUT2D eigenvalue weighted by Gasteiger charge is 2.10. The Bertz CT molecular complexity index is 516. The van der Waals surface area contributed by atoms with Crippen LogP contribution in [0.5, 0.6) is 6.01 Å². The quantitative estimate of drug-likeness (QED) is 0.870. The molecule has 0 aliphatic rings. The molecular formula is C9H11N5O2S. The van der Waals surface area contributed by atoms with Crippen LogP contribution in [0.4, 0.5) is 5.95 Å². The van der Waals surface area contributed by atoms with Crippen LogP contribution in [0.2, 0.25) is 0 Å². The zero-order chi connectivity index (χ0) is 12.3. The van der Waals surface area contributed by atoms with Crippen LogP contribution >= 0.6 is 11.8 Å². The van der Waals surface area contributed by atoms with Gasteiger partial charge in [-0.25, -0.2) is 4.98 Å². The van der Waals surface area contributed by atoms with E-state index in [0.717, 1.165) is 17.5 Å². The number of hydrogen-bond acceptors (Lipinski definition) is 8. The third kappa shape index (κ3) is 3.06. The molecule has 0 amide bonds. The fourth-order valence-electron chi connectivity index (χ4n) is 1.05. The minimum absolute atomic E-state index is 0.106. The lowest BCUT2D eigenvalue weighted by Gasteiger charge is -2.02. The fourth-order valence-corrected chi connectivity index (χ4v) is 1.75. The van der Waals surface area contributed by atoms with Gasteiger partial charge in [0.15, 0.2) is 0 Å². The van der Waals surface area contributed by atoms with Crippen molar-refractivity contribution in [3.05, 3.63) is 12.0 Å². The Labute approximate surface area is 102 Å². The van der Waals surface area contributed by atoms with Gasteiger partial charge >= 0.3 is 6.01 Å². The summed E-state index contributed by atoms with van der Waals surface area (Å²) in [6.07, 6.45) is 1.55. The fraction of sp³-hybridized carbons (Fsp3) is 0.333. The third-order valence-electron chi connectivity index (χ3n) is 1.66. The third-order valence-corrected chi connectivity index (χ3v) is 2.39. The number of oxazole rings is 1. The van der Waals surface area contributed by atoms with Crippen LogP contribution in [0.25, 0.3) is 0 Å². The predicted octanol–water partition coefficient (Wildman–Crippen LogP) is 1.30. The molecule has 0 fully saturated rings. The summed E-state index contributed by atoms with van der Waals surface area (Å²) in [5.41, 5.74) is 6.33. The Morgan fingerprint density at radius 3 is 2.82 bits per heavy atom. The molecule has 8 heteroatoms. The van der Waals surface area contributed by atoms with Gasteiger partial charge in [-0.05, 0) is 13.8 Å². The van der Waals surface area contributed by atoms with Crippen molar-refractivity contribution >= 4 is 17.7 Å². The molecule has 0 unspecified atom stereocenters. The number of nitrogen functional groups attached to an aromatic ring is 1. The molecule has 0 bridgehead atoms. The van der Waals surface area contributed by atoms with Gasteiger partial charge in [-0.15, -0.1) is 0 Å². The normalized spacial score (nSPS) is 10.5. The highest BCUT2D eigenvalue weighted by molar-refractivity contribution is 7.98. The molecular weight excluding hydrogens is 242 g/mol. The molecule has 0 aromatic carbocycles. The largest absolute Gasteiger partial charge is 0.464 e. The van der Waals surface area contributed by atoms with Gasteiger partial charge in [0.2, 0.25) is 11.1 Å². The Morgan fingerprint density at radius 2 is 2.18 bits per heavy atom. The van der Waals surface area contributed by atoms with E-state index in [2.05, 4.69) is 19.9 Å². The molecule has 0 aliphatic heterocycles. The summed E-state index contributed by atoms with van der Waals surface area (Å²) in [6, 6.07) is 0.200. The second kappa shape index (κ2) is 5.00. The van der Waals surface area contributed by atoms with Gasteiger partial charge in [-0.2, -0.15) is 15.0 Å². The number of nitrogens with two attached hydrogens (primary N) is 1. The van der Waals surface area contributed by atoms with Gasteiger partial charge in [0, 0.05) is 11.8 Å². The number of hydrogen-bond donors (Lipinski definition) is 1. The molecule has 2 rings (SSSR count). The van der Waals surface area contributed by atoms with Gasteiger partial charge in [0.25, 0.3) is 5.22 Å². The van der Waals surface area contributed by atoms with Crippen molar-refractivity contribution in [3.8, 4) is 6.01 Å². The molecule has 2 aromatic heterocycles. The van der Waals surface area contributed by atoms with E-state index in [-0.39, 0.29) is 12.0 Å². The first-order valence-corrected chi connectivity index (χ1v) is 5.73. The molecule has 0 atom stereocenters. The number of ether oxygens (including phenoxy) is 1. The van der Waals surface area contributed by atoms with Crippen molar-refractivity contribution in [2.45, 2.75) is 24.2 Å². The number of anilines is 1. The molecule has 0 saturated carbocycles. The summed E-state index contributed by atoms with van der Waals surface area (Å²) in [4.78, 5) is 16.0. The topological polar surface area (TPSA) is 100.0 Å². The predicted molar refractivity (Wildman–Crippen MR) is 60.8 cm³/mol. The Morgan fingerprint density at radius 1 is 1.35 bits per heavy atom. The maximum atomic E-state index is 5.54. The zero-order valence-electron chi connectivity index (χ0n) is 9.38. The lowest BCUT2D eigenvalue weighted by Crippen LogP contribution is -2.04.